The monoisotopic (exact) mass is 399 g/mol. The van der Waals surface area contributed by atoms with E-state index in [1.165, 1.54) is 0 Å². The molecule has 0 N–H and O–H groups in total. The Bertz CT molecular complexity index is 1050. The highest BCUT2D eigenvalue weighted by Crippen LogP contribution is 2.19. The van der Waals surface area contributed by atoms with Crippen LogP contribution >= 0.6 is 15.9 Å². The van der Waals surface area contributed by atoms with Gasteiger partial charge < -0.3 is 9.80 Å². The largest absolute Gasteiger partial charge is 0.352 e. The molecule has 0 spiro atoms. The number of imidazole rings is 1. The van der Waals surface area contributed by atoms with Crippen LogP contribution in [0.4, 0.5) is 11.6 Å². The summed E-state index contributed by atoms with van der Waals surface area (Å²) < 4.78 is 4.37. The summed E-state index contributed by atoms with van der Waals surface area (Å²) in [5.74, 6) is 1.89. The van der Waals surface area contributed by atoms with Crippen LogP contribution in [-0.4, -0.2) is 60.6 Å². The first-order valence-corrected chi connectivity index (χ1v) is 8.74. The fraction of sp³-hybridized carbons (Fsp3) is 0.267. The SMILES string of the molecule is Brc1cnc2ccc(N3CCN(c4ccc5nncn5n4)CC3)nn12. The van der Waals surface area contributed by atoms with Gasteiger partial charge in [-0.25, -0.2) is 9.50 Å². The van der Waals surface area contributed by atoms with Gasteiger partial charge in [0.2, 0.25) is 0 Å². The molecule has 0 saturated carbocycles. The van der Waals surface area contributed by atoms with E-state index in [9.17, 15) is 0 Å². The van der Waals surface area contributed by atoms with E-state index in [1.54, 1.807) is 17.0 Å². The number of piperazine rings is 1. The van der Waals surface area contributed by atoms with Crippen LogP contribution in [0.25, 0.3) is 11.3 Å². The van der Waals surface area contributed by atoms with Gasteiger partial charge in [-0.2, -0.15) is 4.52 Å². The minimum absolute atomic E-state index is 0.755. The molecular weight excluding hydrogens is 386 g/mol. The number of hydrogen-bond acceptors (Lipinski definition) is 7. The van der Waals surface area contributed by atoms with Crippen LogP contribution in [-0.2, 0) is 0 Å². The van der Waals surface area contributed by atoms with Crippen molar-refractivity contribution in [3.63, 3.8) is 0 Å². The summed E-state index contributed by atoms with van der Waals surface area (Å²) in [6.07, 6.45) is 3.38. The van der Waals surface area contributed by atoms with Crippen LogP contribution in [0.15, 0.2) is 41.4 Å². The maximum Gasteiger partial charge on any atom is 0.177 e. The second-order valence-corrected chi connectivity index (χ2v) is 6.65. The van der Waals surface area contributed by atoms with E-state index in [2.05, 4.69) is 51.1 Å². The first kappa shape index (κ1) is 14.6. The van der Waals surface area contributed by atoms with E-state index in [1.807, 2.05) is 28.8 Å². The summed E-state index contributed by atoms with van der Waals surface area (Å²) in [6.45, 7) is 3.52. The fourth-order valence-corrected chi connectivity index (χ4v) is 3.42. The molecule has 5 heterocycles. The van der Waals surface area contributed by atoms with Crippen molar-refractivity contribution in [1.82, 2.24) is 34.4 Å². The number of halogens is 1. The molecule has 10 heteroatoms. The summed E-state index contributed by atoms with van der Waals surface area (Å²) >= 11 is 3.47. The van der Waals surface area contributed by atoms with Crippen LogP contribution in [0, 0.1) is 0 Å². The van der Waals surface area contributed by atoms with Crippen LogP contribution < -0.4 is 9.80 Å². The Morgan fingerprint density at radius 1 is 0.840 bits per heavy atom. The second kappa shape index (κ2) is 5.66. The number of aromatic nitrogens is 7. The average molecular weight is 400 g/mol. The van der Waals surface area contributed by atoms with Crippen LogP contribution in [0.1, 0.15) is 0 Å². The molecule has 0 atom stereocenters. The number of nitrogens with zero attached hydrogens (tertiary/aromatic N) is 9. The van der Waals surface area contributed by atoms with Gasteiger partial charge in [-0.3, -0.25) is 0 Å². The lowest BCUT2D eigenvalue weighted by Crippen LogP contribution is -2.47. The first-order valence-electron chi connectivity index (χ1n) is 7.95. The lowest BCUT2D eigenvalue weighted by Gasteiger charge is -2.35. The summed E-state index contributed by atoms with van der Waals surface area (Å²) in [7, 11) is 0. The molecule has 4 aromatic heterocycles. The highest BCUT2D eigenvalue weighted by Gasteiger charge is 2.20. The number of hydrogen-bond donors (Lipinski definition) is 0. The maximum atomic E-state index is 4.67. The van der Waals surface area contributed by atoms with Crippen LogP contribution in [0.2, 0.25) is 0 Å². The van der Waals surface area contributed by atoms with Crippen molar-refractivity contribution in [2.75, 3.05) is 36.0 Å². The predicted octanol–water partition coefficient (Wildman–Crippen LogP) is 1.26. The topological polar surface area (TPSA) is 79.8 Å². The Labute approximate surface area is 151 Å². The normalized spacial score (nSPS) is 15.4. The molecule has 1 saturated heterocycles. The van der Waals surface area contributed by atoms with Crippen molar-refractivity contribution >= 4 is 38.9 Å². The van der Waals surface area contributed by atoms with Crippen LogP contribution in [0.3, 0.4) is 0 Å². The highest BCUT2D eigenvalue weighted by molar-refractivity contribution is 9.10. The zero-order valence-electron chi connectivity index (χ0n) is 13.2. The molecule has 0 aromatic carbocycles. The zero-order valence-corrected chi connectivity index (χ0v) is 14.8. The molecule has 0 aliphatic carbocycles. The second-order valence-electron chi connectivity index (χ2n) is 5.84. The molecule has 25 heavy (non-hydrogen) atoms. The molecule has 0 bridgehead atoms. The minimum Gasteiger partial charge on any atom is -0.352 e. The predicted molar refractivity (Wildman–Crippen MR) is 95.9 cm³/mol. The Kier molecular flexibility index (Phi) is 3.30. The molecule has 0 unspecified atom stereocenters. The smallest absolute Gasteiger partial charge is 0.177 e. The van der Waals surface area contributed by atoms with Crippen molar-refractivity contribution in [2.45, 2.75) is 0 Å². The Balaban J connectivity index is 1.35. The third-order valence-corrected chi connectivity index (χ3v) is 4.92. The van der Waals surface area contributed by atoms with Crippen molar-refractivity contribution in [1.29, 1.82) is 0 Å². The van der Waals surface area contributed by atoms with E-state index in [0.717, 1.165) is 53.7 Å². The summed E-state index contributed by atoms with van der Waals surface area (Å²) in [5.41, 5.74) is 1.59. The van der Waals surface area contributed by atoms with E-state index in [0.29, 0.717) is 0 Å². The van der Waals surface area contributed by atoms with Gasteiger partial charge in [-0.15, -0.1) is 20.4 Å². The van der Waals surface area contributed by atoms with E-state index < -0.39 is 0 Å². The van der Waals surface area contributed by atoms with Gasteiger partial charge in [-0.05, 0) is 40.2 Å². The third-order valence-electron chi connectivity index (χ3n) is 4.38. The summed E-state index contributed by atoms with van der Waals surface area (Å²) in [6, 6.07) is 7.94. The van der Waals surface area contributed by atoms with E-state index in [4.69, 9.17) is 0 Å². The lowest BCUT2D eigenvalue weighted by atomic mass is 10.3. The van der Waals surface area contributed by atoms with E-state index >= 15 is 0 Å². The quantitative estimate of drug-likeness (QED) is 0.501. The molecule has 1 aliphatic rings. The van der Waals surface area contributed by atoms with Gasteiger partial charge in [0, 0.05) is 26.2 Å². The van der Waals surface area contributed by atoms with Crippen molar-refractivity contribution < 1.29 is 0 Å². The maximum absolute atomic E-state index is 4.67. The molecule has 126 valence electrons. The Morgan fingerprint density at radius 3 is 2.28 bits per heavy atom. The van der Waals surface area contributed by atoms with Gasteiger partial charge in [0.15, 0.2) is 11.3 Å². The van der Waals surface area contributed by atoms with Gasteiger partial charge in [0.05, 0.1) is 6.20 Å². The van der Waals surface area contributed by atoms with E-state index in [-0.39, 0.29) is 0 Å². The van der Waals surface area contributed by atoms with Crippen molar-refractivity contribution in [3.8, 4) is 0 Å². The fourth-order valence-electron chi connectivity index (χ4n) is 3.06. The summed E-state index contributed by atoms with van der Waals surface area (Å²) in [4.78, 5) is 8.83. The number of anilines is 2. The van der Waals surface area contributed by atoms with Gasteiger partial charge >= 0.3 is 0 Å². The summed E-state index contributed by atoms with van der Waals surface area (Å²) in [5, 5.41) is 17.1. The molecular formula is C15H14BrN9. The zero-order chi connectivity index (χ0) is 16.8. The highest BCUT2D eigenvalue weighted by atomic mass is 79.9. The molecule has 4 aromatic rings. The average Bonchev–Trinajstić information content (AvgIpc) is 3.28. The van der Waals surface area contributed by atoms with Crippen molar-refractivity contribution in [3.05, 3.63) is 41.4 Å². The number of rotatable bonds is 2. The van der Waals surface area contributed by atoms with Gasteiger partial charge in [0.25, 0.3) is 0 Å². The molecule has 9 nitrogen and oxygen atoms in total. The Hall–Kier alpha value is -2.75. The molecule has 5 rings (SSSR count). The molecule has 1 aliphatic heterocycles. The molecule has 0 radical (unpaired) electrons. The minimum atomic E-state index is 0.755. The molecule has 0 amide bonds. The van der Waals surface area contributed by atoms with Crippen LogP contribution in [0.5, 0.6) is 0 Å². The lowest BCUT2D eigenvalue weighted by molar-refractivity contribution is 0.631. The van der Waals surface area contributed by atoms with Gasteiger partial charge in [0.1, 0.15) is 22.6 Å². The first-order chi connectivity index (χ1) is 12.3. The standard InChI is InChI=1S/C15H14BrN9/c16-11-9-17-12-1-3-15(21-25(11)12)23-7-5-22(6-8-23)14-4-2-13-19-18-10-24(13)20-14/h1-4,9-10H,5-8H2. The number of fused-ring (bicyclic) bond motifs is 2. The Morgan fingerprint density at radius 2 is 1.52 bits per heavy atom. The van der Waals surface area contributed by atoms with Crippen molar-refractivity contribution in [2.24, 2.45) is 0 Å². The molecule has 1 fully saturated rings. The third kappa shape index (κ3) is 2.49. The van der Waals surface area contributed by atoms with Gasteiger partial charge in [-0.1, -0.05) is 0 Å².